The van der Waals surface area contributed by atoms with Crippen molar-refractivity contribution in [3.05, 3.63) is 45.4 Å². The van der Waals surface area contributed by atoms with E-state index < -0.39 is 5.60 Å². The molecule has 1 amide bonds. The third-order valence-corrected chi connectivity index (χ3v) is 6.13. The number of nitrogens with one attached hydrogen (secondary N) is 3. The van der Waals surface area contributed by atoms with Crippen molar-refractivity contribution in [2.24, 2.45) is 5.92 Å². The first-order valence-electron chi connectivity index (χ1n) is 10.0. The van der Waals surface area contributed by atoms with Gasteiger partial charge in [-0.1, -0.05) is 29.3 Å². The summed E-state index contributed by atoms with van der Waals surface area (Å²) < 4.78 is 6.17. The number of rotatable bonds is 5. The molecule has 5 rings (SSSR count). The molecule has 2 heterocycles. The molecular formula is C22H22Cl2N4O2. The van der Waals surface area contributed by atoms with Gasteiger partial charge in [-0.3, -0.25) is 4.79 Å². The fourth-order valence-electron chi connectivity index (χ4n) is 3.84. The van der Waals surface area contributed by atoms with Gasteiger partial charge in [0.2, 0.25) is 5.95 Å². The molecule has 3 N–H and O–H groups in total. The van der Waals surface area contributed by atoms with Crippen molar-refractivity contribution in [3.8, 4) is 5.75 Å². The molecule has 1 aliphatic carbocycles. The Morgan fingerprint density at radius 1 is 1.30 bits per heavy atom. The molecule has 0 spiro atoms. The van der Waals surface area contributed by atoms with E-state index in [1.54, 1.807) is 18.2 Å². The second-order valence-corrected chi connectivity index (χ2v) is 9.44. The van der Waals surface area contributed by atoms with Crippen LogP contribution in [-0.4, -0.2) is 28.0 Å². The van der Waals surface area contributed by atoms with Crippen LogP contribution >= 0.6 is 23.2 Å². The van der Waals surface area contributed by atoms with Crippen LogP contribution in [0.25, 0.3) is 11.0 Å². The highest BCUT2D eigenvalue weighted by molar-refractivity contribution is 6.39. The van der Waals surface area contributed by atoms with E-state index in [2.05, 4.69) is 15.6 Å². The summed E-state index contributed by atoms with van der Waals surface area (Å²) in [6, 6.07) is 7.11. The zero-order valence-electron chi connectivity index (χ0n) is 16.7. The molecule has 1 saturated carbocycles. The maximum Gasteiger partial charge on any atom is 0.255 e. The molecule has 0 radical (unpaired) electrons. The molecule has 6 nitrogen and oxygen atoms in total. The molecule has 30 heavy (non-hydrogen) atoms. The molecular weight excluding hydrogens is 423 g/mol. The number of hydrogen-bond acceptors (Lipinski definition) is 4. The van der Waals surface area contributed by atoms with Gasteiger partial charge in [-0.15, -0.1) is 0 Å². The lowest BCUT2D eigenvalue weighted by Crippen LogP contribution is -2.27. The van der Waals surface area contributed by atoms with Gasteiger partial charge in [0.05, 0.1) is 32.3 Å². The predicted molar refractivity (Wildman–Crippen MR) is 119 cm³/mol. The Kier molecular flexibility index (Phi) is 4.60. The Morgan fingerprint density at radius 2 is 2.03 bits per heavy atom. The van der Waals surface area contributed by atoms with Gasteiger partial charge in [0.15, 0.2) is 0 Å². The first-order valence-corrected chi connectivity index (χ1v) is 10.8. The highest BCUT2D eigenvalue weighted by Gasteiger charge is 2.36. The van der Waals surface area contributed by atoms with Gasteiger partial charge < -0.3 is 20.4 Å². The lowest BCUT2D eigenvalue weighted by atomic mass is 9.99. The highest BCUT2D eigenvalue weighted by Crippen LogP contribution is 2.42. The topological polar surface area (TPSA) is 79.0 Å². The average molecular weight is 445 g/mol. The third kappa shape index (κ3) is 3.59. The number of H-pyrrole nitrogens is 1. The number of imidazole rings is 1. The molecule has 2 aromatic carbocycles. The van der Waals surface area contributed by atoms with Crippen molar-refractivity contribution in [3.63, 3.8) is 0 Å². The number of ether oxygens (including phenoxy) is 1. The number of benzene rings is 2. The van der Waals surface area contributed by atoms with Gasteiger partial charge in [0.25, 0.3) is 5.91 Å². The Balaban J connectivity index is 1.55. The summed E-state index contributed by atoms with van der Waals surface area (Å²) in [6.45, 7) is 4.73. The SMILES string of the molecule is CC1(C)Cc2c(c(C(=O)NCC3CC3)cc3[nH]c(Nc4c(Cl)cccc4Cl)nc23)O1. The van der Waals surface area contributed by atoms with Crippen LogP contribution in [0, 0.1) is 5.92 Å². The number of fused-ring (bicyclic) bond motifs is 3. The molecule has 0 saturated heterocycles. The minimum absolute atomic E-state index is 0.115. The van der Waals surface area contributed by atoms with Crippen LogP contribution in [0.4, 0.5) is 11.6 Å². The first-order chi connectivity index (χ1) is 14.3. The Hall–Kier alpha value is -2.44. The summed E-state index contributed by atoms with van der Waals surface area (Å²) >= 11 is 12.6. The number of para-hydroxylation sites is 1. The molecule has 1 aliphatic heterocycles. The summed E-state index contributed by atoms with van der Waals surface area (Å²) in [5, 5.41) is 7.20. The molecule has 1 fully saturated rings. The molecule has 156 valence electrons. The minimum Gasteiger partial charge on any atom is -0.486 e. The summed E-state index contributed by atoms with van der Waals surface area (Å²) in [5.41, 5.74) is 3.19. The van der Waals surface area contributed by atoms with Crippen LogP contribution in [0.1, 0.15) is 42.6 Å². The lowest BCUT2D eigenvalue weighted by Gasteiger charge is -2.18. The van der Waals surface area contributed by atoms with Crippen LogP contribution in [0.3, 0.4) is 0 Å². The number of anilines is 2. The first kappa shape index (κ1) is 19.5. The summed E-state index contributed by atoms with van der Waals surface area (Å²) in [4.78, 5) is 20.9. The van der Waals surface area contributed by atoms with Crippen LogP contribution < -0.4 is 15.4 Å². The standard InChI is InChI=1S/C22H22Cl2N4O2/c1-22(2)9-13-17-16(8-12(19(13)30-22)20(29)25-10-11-6-7-11)26-21(27-17)28-18-14(23)4-3-5-15(18)24/h3-5,8,11H,6-7,9-10H2,1-2H3,(H,25,29)(H2,26,27,28). The lowest BCUT2D eigenvalue weighted by molar-refractivity contribution is 0.0938. The van der Waals surface area contributed by atoms with Crippen molar-refractivity contribution in [2.45, 2.75) is 38.7 Å². The number of carbonyl (C=O) groups excluding carboxylic acids is 1. The van der Waals surface area contributed by atoms with E-state index in [1.165, 1.54) is 12.8 Å². The van der Waals surface area contributed by atoms with Gasteiger partial charge >= 0.3 is 0 Å². The number of aromatic amines is 1. The van der Waals surface area contributed by atoms with E-state index in [0.29, 0.717) is 51.9 Å². The Bertz CT molecular complexity index is 1150. The van der Waals surface area contributed by atoms with Crippen LogP contribution in [0.2, 0.25) is 10.0 Å². The molecule has 0 atom stereocenters. The number of halogens is 2. The number of carbonyl (C=O) groups is 1. The molecule has 0 unspecified atom stereocenters. The summed E-state index contributed by atoms with van der Waals surface area (Å²) in [6.07, 6.45) is 3.03. The van der Waals surface area contributed by atoms with Crippen molar-refractivity contribution in [2.75, 3.05) is 11.9 Å². The molecule has 2 aliphatic rings. The third-order valence-electron chi connectivity index (χ3n) is 5.50. The van der Waals surface area contributed by atoms with Gasteiger partial charge in [0.1, 0.15) is 11.4 Å². The van der Waals surface area contributed by atoms with Crippen molar-refractivity contribution >= 4 is 51.8 Å². The maximum atomic E-state index is 12.9. The number of hydrogen-bond donors (Lipinski definition) is 3. The van der Waals surface area contributed by atoms with Gasteiger partial charge in [-0.2, -0.15) is 0 Å². The molecule has 1 aromatic heterocycles. The normalized spacial score (nSPS) is 16.9. The monoisotopic (exact) mass is 444 g/mol. The van der Waals surface area contributed by atoms with E-state index in [9.17, 15) is 4.79 Å². The summed E-state index contributed by atoms with van der Waals surface area (Å²) in [5.74, 6) is 1.61. The van der Waals surface area contributed by atoms with Crippen LogP contribution in [0.15, 0.2) is 24.3 Å². The smallest absolute Gasteiger partial charge is 0.255 e. The fourth-order valence-corrected chi connectivity index (χ4v) is 4.33. The van der Waals surface area contributed by atoms with Gasteiger partial charge in [-0.25, -0.2) is 4.98 Å². The van der Waals surface area contributed by atoms with E-state index in [4.69, 9.17) is 32.9 Å². The van der Waals surface area contributed by atoms with Gasteiger partial charge in [0, 0.05) is 18.5 Å². The van der Waals surface area contributed by atoms with E-state index in [0.717, 1.165) is 16.6 Å². The zero-order chi connectivity index (χ0) is 21.0. The largest absolute Gasteiger partial charge is 0.486 e. The molecule has 0 bridgehead atoms. The van der Waals surface area contributed by atoms with Crippen molar-refractivity contribution in [1.82, 2.24) is 15.3 Å². The van der Waals surface area contributed by atoms with Crippen molar-refractivity contribution in [1.29, 1.82) is 0 Å². The number of nitrogens with zero attached hydrogens (tertiary/aromatic N) is 1. The zero-order valence-corrected chi connectivity index (χ0v) is 18.2. The fraction of sp³-hybridized carbons (Fsp3) is 0.364. The van der Waals surface area contributed by atoms with E-state index in [-0.39, 0.29) is 5.91 Å². The van der Waals surface area contributed by atoms with E-state index in [1.807, 2.05) is 19.9 Å². The van der Waals surface area contributed by atoms with Gasteiger partial charge in [-0.05, 0) is 50.8 Å². The van der Waals surface area contributed by atoms with Crippen LogP contribution in [-0.2, 0) is 6.42 Å². The average Bonchev–Trinajstić information content (AvgIpc) is 3.33. The molecule has 3 aromatic rings. The maximum absolute atomic E-state index is 12.9. The quantitative estimate of drug-likeness (QED) is 0.487. The summed E-state index contributed by atoms with van der Waals surface area (Å²) in [7, 11) is 0. The number of aromatic nitrogens is 2. The highest BCUT2D eigenvalue weighted by atomic mass is 35.5. The second kappa shape index (κ2) is 7.06. The second-order valence-electron chi connectivity index (χ2n) is 8.63. The predicted octanol–water partition coefficient (Wildman–Crippen LogP) is 5.47. The van der Waals surface area contributed by atoms with Crippen molar-refractivity contribution < 1.29 is 9.53 Å². The Labute approximate surface area is 184 Å². The molecule has 8 heteroatoms. The number of amides is 1. The Morgan fingerprint density at radius 3 is 2.73 bits per heavy atom. The van der Waals surface area contributed by atoms with Crippen LogP contribution in [0.5, 0.6) is 5.75 Å². The van der Waals surface area contributed by atoms with E-state index >= 15 is 0 Å². The minimum atomic E-state index is -0.402.